The molecule has 3 rings (SSSR count). The molecule has 0 amide bonds. The number of piperidine rings is 1. The van der Waals surface area contributed by atoms with E-state index >= 15 is 0 Å². The summed E-state index contributed by atoms with van der Waals surface area (Å²) in [5.41, 5.74) is 0. The van der Waals surface area contributed by atoms with Gasteiger partial charge in [0, 0.05) is 25.7 Å². The van der Waals surface area contributed by atoms with Crippen molar-refractivity contribution < 1.29 is 0 Å². The van der Waals surface area contributed by atoms with Gasteiger partial charge in [-0.15, -0.1) is 0 Å². The fraction of sp³-hybridized carbons (Fsp3) is 1.00. The predicted molar refractivity (Wildman–Crippen MR) is 95.2 cm³/mol. The second kappa shape index (κ2) is 8.68. The van der Waals surface area contributed by atoms with Crippen molar-refractivity contribution in [3.05, 3.63) is 0 Å². The maximum atomic E-state index is 3.98. The molecule has 0 aromatic heterocycles. The maximum Gasteiger partial charge on any atom is 0.0198 e. The zero-order valence-electron chi connectivity index (χ0n) is 14.9. The van der Waals surface area contributed by atoms with Crippen molar-refractivity contribution in [2.24, 2.45) is 17.8 Å². The van der Waals surface area contributed by atoms with Crippen molar-refractivity contribution in [1.82, 2.24) is 10.2 Å². The van der Waals surface area contributed by atoms with Gasteiger partial charge in [0.15, 0.2) is 0 Å². The van der Waals surface area contributed by atoms with E-state index in [9.17, 15) is 0 Å². The topological polar surface area (TPSA) is 15.3 Å². The molecule has 0 spiro atoms. The van der Waals surface area contributed by atoms with Crippen LogP contribution >= 0.6 is 0 Å². The van der Waals surface area contributed by atoms with Crippen LogP contribution in [0.1, 0.15) is 77.6 Å². The summed E-state index contributed by atoms with van der Waals surface area (Å²) >= 11 is 0. The molecule has 2 unspecified atom stereocenters. The van der Waals surface area contributed by atoms with E-state index in [1.807, 2.05) is 0 Å². The average molecular weight is 307 g/mol. The molecule has 2 aliphatic carbocycles. The molecular weight excluding hydrogens is 268 g/mol. The molecule has 1 N–H and O–H groups in total. The Morgan fingerprint density at radius 2 is 1.73 bits per heavy atom. The smallest absolute Gasteiger partial charge is 0.0198 e. The van der Waals surface area contributed by atoms with Crippen LogP contribution in [-0.2, 0) is 0 Å². The maximum absolute atomic E-state index is 3.98. The van der Waals surface area contributed by atoms with Crippen LogP contribution in [0.4, 0.5) is 0 Å². The highest BCUT2D eigenvalue weighted by Crippen LogP contribution is 2.32. The molecule has 3 aliphatic rings. The van der Waals surface area contributed by atoms with Gasteiger partial charge in [-0.2, -0.15) is 0 Å². The molecule has 2 nitrogen and oxygen atoms in total. The standard InChI is InChI=1S/C20H38N2/c1-2-3-7-19-12-20(16-22(15-19)14-18-10-11-18)21-13-17-8-5-4-6-9-17/h17-21H,2-16H2,1H3. The molecule has 22 heavy (non-hydrogen) atoms. The van der Waals surface area contributed by atoms with Crippen LogP contribution in [-0.4, -0.2) is 37.1 Å². The van der Waals surface area contributed by atoms with Crippen LogP contribution in [0.3, 0.4) is 0 Å². The first-order valence-corrected chi connectivity index (χ1v) is 10.3. The molecule has 0 bridgehead atoms. The Bertz CT molecular complexity index is 307. The van der Waals surface area contributed by atoms with Crippen LogP contribution in [0.15, 0.2) is 0 Å². The molecular formula is C20H38N2. The van der Waals surface area contributed by atoms with E-state index in [2.05, 4.69) is 17.1 Å². The Hall–Kier alpha value is -0.0800. The molecule has 2 heteroatoms. The lowest BCUT2D eigenvalue weighted by atomic mass is 9.87. The van der Waals surface area contributed by atoms with E-state index in [1.54, 1.807) is 0 Å². The van der Waals surface area contributed by atoms with Gasteiger partial charge in [0.1, 0.15) is 0 Å². The molecule has 2 saturated carbocycles. The summed E-state index contributed by atoms with van der Waals surface area (Å²) in [5.74, 6) is 2.97. The number of nitrogens with zero attached hydrogens (tertiary/aromatic N) is 1. The highest BCUT2D eigenvalue weighted by atomic mass is 15.2. The SMILES string of the molecule is CCCCC1CC(NCC2CCCCC2)CN(CC2CC2)C1. The van der Waals surface area contributed by atoms with Gasteiger partial charge in [0.2, 0.25) is 0 Å². The van der Waals surface area contributed by atoms with Crippen LogP contribution in [0, 0.1) is 17.8 Å². The summed E-state index contributed by atoms with van der Waals surface area (Å²) in [6.07, 6.45) is 16.1. The summed E-state index contributed by atoms with van der Waals surface area (Å²) < 4.78 is 0. The van der Waals surface area contributed by atoms with Crippen LogP contribution in [0.2, 0.25) is 0 Å². The Labute approximate surface area is 138 Å². The third kappa shape index (κ3) is 5.53. The molecule has 0 aromatic rings. The molecule has 0 radical (unpaired) electrons. The second-order valence-electron chi connectivity index (χ2n) is 8.52. The van der Waals surface area contributed by atoms with Crippen LogP contribution in [0.25, 0.3) is 0 Å². The zero-order chi connectivity index (χ0) is 15.2. The third-order valence-electron chi connectivity index (χ3n) is 6.21. The van der Waals surface area contributed by atoms with Crippen molar-refractivity contribution in [3.8, 4) is 0 Å². The quantitative estimate of drug-likeness (QED) is 0.713. The minimum absolute atomic E-state index is 0.774. The highest BCUT2D eigenvalue weighted by molar-refractivity contribution is 4.87. The van der Waals surface area contributed by atoms with Crippen molar-refractivity contribution in [3.63, 3.8) is 0 Å². The highest BCUT2D eigenvalue weighted by Gasteiger charge is 2.31. The van der Waals surface area contributed by atoms with E-state index in [-0.39, 0.29) is 0 Å². The van der Waals surface area contributed by atoms with Gasteiger partial charge in [-0.3, -0.25) is 0 Å². The Kier molecular flexibility index (Phi) is 6.62. The lowest BCUT2D eigenvalue weighted by molar-refractivity contribution is 0.126. The lowest BCUT2D eigenvalue weighted by Crippen LogP contribution is -2.50. The summed E-state index contributed by atoms with van der Waals surface area (Å²) in [6, 6.07) is 0.774. The number of hydrogen-bond donors (Lipinski definition) is 1. The number of likely N-dealkylation sites (tertiary alicyclic amines) is 1. The monoisotopic (exact) mass is 306 g/mol. The number of unbranched alkanes of at least 4 members (excludes halogenated alkanes) is 1. The Morgan fingerprint density at radius 1 is 0.909 bits per heavy atom. The number of hydrogen-bond acceptors (Lipinski definition) is 2. The first kappa shape index (κ1) is 16.8. The van der Waals surface area contributed by atoms with E-state index < -0.39 is 0 Å². The normalized spacial score (nSPS) is 31.5. The minimum atomic E-state index is 0.774. The first-order chi connectivity index (χ1) is 10.8. The Balaban J connectivity index is 1.44. The van der Waals surface area contributed by atoms with Gasteiger partial charge in [-0.05, 0) is 62.8 Å². The van der Waals surface area contributed by atoms with Gasteiger partial charge < -0.3 is 10.2 Å². The van der Waals surface area contributed by atoms with Crippen molar-refractivity contribution in [2.75, 3.05) is 26.2 Å². The van der Waals surface area contributed by atoms with Gasteiger partial charge >= 0.3 is 0 Å². The van der Waals surface area contributed by atoms with Crippen molar-refractivity contribution in [1.29, 1.82) is 0 Å². The molecule has 0 aromatic carbocycles. The summed E-state index contributed by atoms with van der Waals surface area (Å²) in [6.45, 7) is 7.74. The zero-order valence-corrected chi connectivity index (χ0v) is 14.9. The summed E-state index contributed by atoms with van der Waals surface area (Å²) in [4.78, 5) is 2.81. The predicted octanol–water partition coefficient (Wildman–Crippen LogP) is 4.45. The molecule has 1 aliphatic heterocycles. The van der Waals surface area contributed by atoms with Crippen LogP contribution in [0.5, 0.6) is 0 Å². The van der Waals surface area contributed by atoms with Gasteiger partial charge in [-0.1, -0.05) is 39.0 Å². The second-order valence-corrected chi connectivity index (χ2v) is 8.52. The van der Waals surface area contributed by atoms with E-state index in [4.69, 9.17) is 0 Å². The van der Waals surface area contributed by atoms with Gasteiger partial charge in [-0.25, -0.2) is 0 Å². The average Bonchev–Trinajstić information content (AvgIpc) is 3.36. The molecule has 128 valence electrons. The number of rotatable bonds is 8. The summed E-state index contributed by atoms with van der Waals surface area (Å²) in [5, 5.41) is 3.98. The molecule has 1 heterocycles. The third-order valence-corrected chi connectivity index (χ3v) is 6.21. The summed E-state index contributed by atoms with van der Waals surface area (Å²) in [7, 11) is 0. The van der Waals surface area contributed by atoms with E-state index in [0.29, 0.717) is 0 Å². The molecule has 2 atom stereocenters. The minimum Gasteiger partial charge on any atom is -0.312 e. The Morgan fingerprint density at radius 3 is 2.45 bits per heavy atom. The van der Waals surface area contributed by atoms with Crippen LogP contribution < -0.4 is 5.32 Å². The fourth-order valence-corrected chi connectivity index (χ4v) is 4.69. The molecule has 1 saturated heterocycles. The largest absolute Gasteiger partial charge is 0.312 e. The van der Waals surface area contributed by atoms with Crippen molar-refractivity contribution >= 4 is 0 Å². The molecule has 3 fully saturated rings. The number of nitrogens with one attached hydrogen (secondary N) is 1. The van der Waals surface area contributed by atoms with Crippen molar-refractivity contribution in [2.45, 2.75) is 83.6 Å². The fourth-order valence-electron chi connectivity index (χ4n) is 4.69. The lowest BCUT2D eigenvalue weighted by Gasteiger charge is -2.39. The first-order valence-electron chi connectivity index (χ1n) is 10.3. The van der Waals surface area contributed by atoms with Gasteiger partial charge in [0.05, 0.1) is 0 Å². The van der Waals surface area contributed by atoms with Gasteiger partial charge in [0.25, 0.3) is 0 Å². The van der Waals surface area contributed by atoms with E-state index in [0.717, 1.165) is 23.8 Å². The van der Waals surface area contributed by atoms with E-state index in [1.165, 1.54) is 96.8 Å².